The minimum absolute atomic E-state index is 0.0655. The molecule has 0 aliphatic carbocycles. The molecule has 8 nitrogen and oxygen atoms in total. The maximum Gasteiger partial charge on any atom is 0.287 e. The Bertz CT molecular complexity index is 1170. The van der Waals surface area contributed by atoms with Gasteiger partial charge in [-0.2, -0.15) is 4.68 Å². The van der Waals surface area contributed by atoms with Crippen LogP contribution in [0.5, 0.6) is 0 Å². The zero-order valence-corrected chi connectivity index (χ0v) is 14.4. The van der Waals surface area contributed by atoms with E-state index in [-0.39, 0.29) is 11.2 Å². The minimum Gasteiger partial charge on any atom is -0.451 e. The van der Waals surface area contributed by atoms with Crippen LogP contribution in [0.25, 0.3) is 16.7 Å². The van der Waals surface area contributed by atoms with Crippen LogP contribution in [0.2, 0.25) is 0 Å². The Balaban J connectivity index is 1.61. The number of tetrazole rings is 1. The van der Waals surface area contributed by atoms with Crippen molar-refractivity contribution in [1.29, 1.82) is 0 Å². The third-order valence-corrected chi connectivity index (χ3v) is 4.09. The molecule has 0 bridgehead atoms. The van der Waals surface area contributed by atoms with Crippen molar-refractivity contribution in [2.45, 2.75) is 13.0 Å². The Morgan fingerprint density at radius 3 is 2.67 bits per heavy atom. The van der Waals surface area contributed by atoms with Gasteiger partial charge >= 0.3 is 0 Å². The van der Waals surface area contributed by atoms with Crippen molar-refractivity contribution in [2.24, 2.45) is 0 Å². The molecular formula is C19H15N5O3. The minimum atomic E-state index is -0.520. The molecule has 1 N–H and O–H groups in total. The standard InChI is InChI=1S/C19H15N5O3/c1-12(18-21-22-23-24(18)13-7-3-2-4-8-13)20-19(26)17-11-15(25)14-9-5-6-10-16(14)27-17/h2-12H,1H3,(H,20,26). The molecule has 2 aromatic carbocycles. The predicted molar refractivity (Wildman–Crippen MR) is 97.5 cm³/mol. The molecule has 0 saturated carbocycles. The molecule has 0 radical (unpaired) electrons. The fraction of sp³-hybridized carbons (Fsp3) is 0.105. The lowest BCUT2D eigenvalue weighted by molar-refractivity contribution is 0.0910. The normalized spacial score (nSPS) is 12.0. The first kappa shape index (κ1) is 16.6. The summed E-state index contributed by atoms with van der Waals surface area (Å²) in [6, 6.07) is 16.8. The zero-order valence-electron chi connectivity index (χ0n) is 14.4. The fourth-order valence-corrected chi connectivity index (χ4v) is 2.77. The third kappa shape index (κ3) is 3.20. The third-order valence-electron chi connectivity index (χ3n) is 4.09. The summed E-state index contributed by atoms with van der Waals surface area (Å²) in [4.78, 5) is 24.8. The van der Waals surface area contributed by atoms with Crippen molar-refractivity contribution >= 4 is 16.9 Å². The lowest BCUT2D eigenvalue weighted by Gasteiger charge is -2.13. The Morgan fingerprint density at radius 2 is 1.85 bits per heavy atom. The summed E-state index contributed by atoms with van der Waals surface area (Å²) in [5.41, 5.74) is 0.858. The number of rotatable bonds is 4. The van der Waals surface area contributed by atoms with E-state index in [9.17, 15) is 9.59 Å². The summed E-state index contributed by atoms with van der Waals surface area (Å²) in [6.07, 6.45) is 0. The van der Waals surface area contributed by atoms with Crippen molar-refractivity contribution in [3.05, 3.63) is 82.5 Å². The van der Waals surface area contributed by atoms with Crippen molar-refractivity contribution < 1.29 is 9.21 Å². The second kappa shape index (κ2) is 6.83. The van der Waals surface area contributed by atoms with Gasteiger partial charge in [-0.15, -0.1) is 5.10 Å². The molecule has 4 aromatic rings. The maximum atomic E-state index is 12.6. The first-order valence-electron chi connectivity index (χ1n) is 8.31. The number of para-hydroxylation sites is 2. The molecular weight excluding hydrogens is 346 g/mol. The molecule has 1 atom stereocenters. The van der Waals surface area contributed by atoms with Crippen LogP contribution in [0.3, 0.4) is 0 Å². The topological polar surface area (TPSA) is 103 Å². The highest BCUT2D eigenvalue weighted by Crippen LogP contribution is 2.16. The smallest absolute Gasteiger partial charge is 0.287 e. The first-order chi connectivity index (χ1) is 13.1. The van der Waals surface area contributed by atoms with Gasteiger partial charge in [0.2, 0.25) is 0 Å². The number of fused-ring (bicyclic) bond motifs is 1. The molecule has 1 amide bonds. The Labute approximate surface area is 153 Å². The van der Waals surface area contributed by atoms with E-state index < -0.39 is 11.9 Å². The second-order valence-corrected chi connectivity index (χ2v) is 5.95. The number of carbonyl (C=O) groups excluding carboxylic acids is 1. The van der Waals surface area contributed by atoms with Crippen LogP contribution >= 0.6 is 0 Å². The molecule has 0 aliphatic heterocycles. The van der Waals surface area contributed by atoms with Gasteiger partial charge in [0.15, 0.2) is 17.0 Å². The quantitative estimate of drug-likeness (QED) is 0.598. The highest BCUT2D eigenvalue weighted by molar-refractivity contribution is 5.93. The van der Waals surface area contributed by atoms with Gasteiger partial charge in [0.25, 0.3) is 5.91 Å². The summed E-state index contributed by atoms with van der Waals surface area (Å²) in [5.74, 6) is -0.130. The average Bonchev–Trinajstić information content (AvgIpc) is 3.18. The van der Waals surface area contributed by atoms with Crippen molar-refractivity contribution in [3.8, 4) is 5.69 Å². The molecule has 134 valence electrons. The average molecular weight is 361 g/mol. The van der Waals surface area contributed by atoms with Gasteiger partial charge in [-0.1, -0.05) is 30.3 Å². The Hall–Kier alpha value is -3.81. The fourth-order valence-electron chi connectivity index (χ4n) is 2.77. The monoisotopic (exact) mass is 361 g/mol. The van der Waals surface area contributed by atoms with Crippen molar-refractivity contribution in [3.63, 3.8) is 0 Å². The van der Waals surface area contributed by atoms with Crippen LogP contribution in [0.1, 0.15) is 29.3 Å². The number of hydrogen-bond donors (Lipinski definition) is 1. The van der Waals surface area contributed by atoms with E-state index in [0.717, 1.165) is 5.69 Å². The summed E-state index contributed by atoms with van der Waals surface area (Å²) >= 11 is 0. The molecule has 8 heteroatoms. The highest BCUT2D eigenvalue weighted by atomic mass is 16.3. The van der Waals surface area contributed by atoms with E-state index in [0.29, 0.717) is 16.8 Å². The number of hydrogen-bond acceptors (Lipinski definition) is 6. The molecule has 1 unspecified atom stereocenters. The van der Waals surface area contributed by atoms with Crippen LogP contribution in [0.15, 0.2) is 69.9 Å². The van der Waals surface area contributed by atoms with Gasteiger partial charge < -0.3 is 9.73 Å². The maximum absolute atomic E-state index is 12.6. The van der Waals surface area contributed by atoms with E-state index in [1.54, 1.807) is 35.9 Å². The van der Waals surface area contributed by atoms with Crippen LogP contribution in [-0.2, 0) is 0 Å². The van der Waals surface area contributed by atoms with Crippen LogP contribution in [0.4, 0.5) is 0 Å². The molecule has 4 rings (SSSR count). The van der Waals surface area contributed by atoms with E-state index in [1.807, 2.05) is 30.3 Å². The predicted octanol–water partition coefficient (Wildman–Crippen LogP) is 2.26. The van der Waals surface area contributed by atoms with Crippen molar-refractivity contribution in [2.75, 3.05) is 0 Å². The van der Waals surface area contributed by atoms with Gasteiger partial charge in [0.1, 0.15) is 5.58 Å². The molecule has 0 saturated heterocycles. The van der Waals surface area contributed by atoms with Gasteiger partial charge in [-0.3, -0.25) is 9.59 Å². The summed E-state index contributed by atoms with van der Waals surface area (Å²) in [7, 11) is 0. The van der Waals surface area contributed by atoms with E-state index in [1.165, 1.54) is 6.07 Å². The van der Waals surface area contributed by atoms with Crippen molar-refractivity contribution in [1.82, 2.24) is 25.5 Å². The summed E-state index contributed by atoms with van der Waals surface area (Å²) in [6.45, 7) is 1.75. The van der Waals surface area contributed by atoms with Gasteiger partial charge in [-0.25, -0.2) is 0 Å². The SMILES string of the molecule is CC(NC(=O)c1cc(=O)c2ccccc2o1)c1nnnn1-c1ccccc1. The summed E-state index contributed by atoms with van der Waals surface area (Å²) in [5, 5.41) is 14.9. The first-order valence-corrected chi connectivity index (χ1v) is 8.31. The zero-order chi connectivity index (χ0) is 18.8. The highest BCUT2D eigenvalue weighted by Gasteiger charge is 2.20. The summed E-state index contributed by atoms with van der Waals surface area (Å²) < 4.78 is 7.11. The molecule has 2 aromatic heterocycles. The van der Waals surface area contributed by atoms with E-state index in [4.69, 9.17) is 4.42 Å². The van der Waals surface area contributed by atoms with E-state index in [2.05, 4.69) is 20.8 Å². The van der Waals surface area contributed by atoms with E-state index >= 15 is 0 Å². The van der Waals surface area contributed by atoms with Gasteiger partial charge in [0, 0.05) is 6.07 Å². The number of carbonyl (C=O) groups is 1. The molecule has 0 spiro atoms. The number of amides is 1. The van der Waals surface area contributed by atoms with Crippen LogP contribution in [-0.4, -0.2) is 26.1 Å². The molecule has 2 heterocycles. The number of nitrogens with zero attached hydrogens (tertiary/aromatic N) is 4. The van der Waals surface area contributed by atoms with Gasteiger partial charge in [0.05, 0.1) is 17.1 Å². The van der Waals surface area contributed by atoms with Crippen LogP contribution in [0, 0.1) is 0 Å². The molecule has 0 aliphatic rings. The Kier molecular flexibility index (Phi) is 4.21. The lowest BCUT2D eigenvalue weighted by atomic mass is 10.2. The van der Waals surface area contributed by atoms with Gasteiger partial charge in [-0.05, 0) is 41.6 Å². The Morgan fingerprint density at radius 1 is 1.11 bits per heavy atom. The number of aromatic nitrogens is 4. The molecule has 27 heavy (non-hydrogen) atoms. The lowest BCUT2D eigenvalue weighted by Crippen LogP contribution is -2.29. The molecule has 0 fully saturated rings. The van der Waals surface area contributed by atoms with Crippen LogP contribution < -0.4 is 10.7 Å². The number of nitrogens with one attached hydrogen (secondary N) is 1. The largest absolute Gasteiger partial charge is 0.451 e. The second-order valence-electron chi connectivity index (χ2n) is 5.95. The number of benzene rings is 2.